The van der Waals surface area contributed by atoms with Crippen LogP contribution in [0, 0.1) is 6.92 Å². The van der Waals surface area contributed by atoms with E-state index in [0.29, 0.717) is 24.0 Å². The quantitative estimate of drug-likeness (QED) is 0.608. The van der Waals surface area contributed by atoms with Crippen LogP contribution in [-0.4, -0.2) is 38.3 Å². The molecule has 3 aromatic rings. The van der Waals surface area contributed by atoms with Crippen molar-refractivity contribution < 1.29 is 9.59 Å². The molecule has 1 aromatic carbocycles. The van der Waals surface area contributed by atoms with Gasteiger partial charge in [-0.25, -0.2) is 15.0 Å². The highest BCUT2D eigenvalue weighted by molar-refractivity contribution is 6.12. The molecule has 164 valence electrons. The third kappa shape index (κ3) is 3.62. The van der Waals surface area contributed by atoms with Crippen molar-refractivity contribution in [3.63, 3.8) is 0 Å². The molecular weight excluding hydrogens is 404 g/mol. The number of carbonyl (C=O) groups is 2. The molecule has 0 spiro atoms. The van der Waals surface area contributed by atoms with Gasteiger partial charge in [-0.15, -0.1) is 0 Å². The first-order chi connectivity index (χ1) is 15.2. The average molecular weight is 431 g/mol. The lowest BCUT2D eigenvalue weighted by Crippen LogP contribution is -2.34. The summed E-state index contributed by atoms with van der Waals surface area (Å²) in [7, 11) is 0. The van der Waals surface area contributed by atoms with Gasteiger partial charge in [0.1, 0.15) is 5.82 Å². The number of hydrogen-bond acceptors (Lipinski definition) is 6. The highest BCUT2D eigenvalue weighted by Crippen LogP contribution is 2.46. The maximum atomic E-state index is 13.5. The van der Waals surface area contributed by atoms with Crippen LogP contribution in [0.1, 0.15) is 45.5 Å². The molecule has 0 fully saturated rings. The minimum Gasteiger partial charge on any atom is -0.296 e. The number of rotatable bonds is 5. The number of anilines is 3. The van der Waals surface area contributed by atoms with Gasteiger partial charge >= 0.3 is 0 Å². The van der Waals surface area contributed by atoms with Crippen LogP contribution >= 0.6 is 0 Å². The van der Waals surface area contributed by atoms with Gasteiger partial charge in [0, 0.05) is 31.4 Å². The highest BCUT2D eigenvalue weighted by atomic mass is 16.2. The Labute approximate surface area is 187 Å². The molecule has 0 aliphatic carbocycles. The van der Waals surface area contributed by atoms with Crippen molar-refractivity contribution in [3.8, 4) is 11.1 Å². The van der Waals surface area contributed by atoms with Gasteiger partial charge in [-0.1, -0.05) is 19.1 Å². The molecule has 0 radical (unpaired) electrons. The lowest BCUT2D eigenvalue weighted by molar-refractivity contribution is -0.121. The Morgan fingerprint density at radius 2 is 1.81 bits per heavy atom. The lowest BCUT2D eigenvalue weighted by Gasteiger charge is -2.23. The van der Waals surface area contributed by atoms with Crippen molar-refractivity contribution in [3.05, 3.63) is 54.4 Å². The van der Waals surface area contributed by atoms with Crippen LogP contribution in [0.5, 0.6) is 0 Å². The minimum absolute atomic E-state index is 0.0962. The van der Waals surface area contributed by atoms with Crippen molar-refractivity contribution in [1.82, 2.24) is 19.9 Å². The van der Waals surface area contributed by atoms with E-state index in [4.69, 9.17) is 0 Å². The van der Waals surface area contributed by atoms with Crippen LogP contribution in [0.2, 0.25) is 0 Å². The number of amides is 2. The number of fused-ring (bicyclic) bond motifs is 1. The summed E-state index contributed by atoms with van der Waals surface area (Å²) in [6.45, 7) is 9.66. The predicted octanol–water partition coefficient (Wildman–Crippen LogP) is 3.96. The maximum Gasteiger partial charge on any atom is 0.242 e. The maximum absolute atomic E-state index is 13.5. The number of aryl methyl sites for hydroxylation is 1. The Bertz CT molecular complexity index is 1190. The standard InChI is InChI=1S/C24H26N6O2/c1-6-9-29(16(3)31)21-13-25-14-22(28-21)30-20-10-17(18-11-26-15(2)27-12-18)7-8-19(20)24(4,5)23(30)32/h7-8,10-14H,6,9H2,1-5H3. The molecule has 0 saturated carbocycles. The fourth-order valence-electron chi connectivity index (χ4n) is 3.94. The summed E-state index contributed by atoms with van der Waals surface area (Å²) >= 11 is 0. The summed E-state index contributed by atoms with van der Waals surface area (Å²) in [5, 5.41) is 0. The molecule has 32 heavy (non-hydrogen) atoms. The van der Waals surface area contributed by atoms with Gasteiger partial charge in [-0.3, -0.25) is 24.4 Å². The van der Waals surface area contributed by atoms with E-state index >= 15 is 0 Å². The first-order valence-electron chi connectivity index (χ1n) is 10.6. The molecule has 8 heteroatoms. The molecule has 4 rings (SSSR count). The van der Waals surface area contributed by atoms with Crippen molar-refractivity contribution in [2.45, 2.75) is 46.5 Å². The van der Waals surface area contributed by atoms with Gasteiger partial charge in [0.15, 0.2) is 11.6 Å². The first kappa shape index (κ1) is 21.5. The van der Waals surface area contributed by atoms with E-state index in [0.717, 1.165) is 28.8 Å². The van der Waals surface area contributed by atoms with Crippen molar-refractivity contribution in [1.29, 1.82) is 0 Å². The van der Waals surface area contributed by atoms with Crippen molar-refractivity contribution in [2.24, 2.45) is 0 Å². The van der Waals surface area contributed by atoms with Crippen LogP contribution in [0.15, 0.2) is 43.0 Å². The fraction of sp³-hybridized carbons (Fsp3) is 0.333. The number of nitrogens with zero attached hydrogens (tertiary/aromatic N) is 6. The second-order valence-electron chi connectivity index (χ2n) is 8.42. The monoisotopic (exact) mass is 430 g/mol. The highest BCUT2D eigenvalue weighted by Gasteiger charge is 2.45. The topological polar surface area (TPSA) is 92.2 Å². The Kier molecular flexibility index (Phi) is 5.46. The smallest absolute Gasteiger partial charge is 0.242 e. The molecule has 0 N–H and O–H groups in total. The first-order valence-corrected chi connectivity index (χ1v) is 10.6. The summed E-state index contributed by atoms with van der Waals surface area (Å²) in [5.41, 5.74) is 2.69. The molecule has 8 nitrogen and oxygen atoms in total. The minimum atomic E-state index is -0.723. The van der Waals surface area contributed by atoms with Crippen LogP contribution in [-0.2, 0) is 15.0 Å². The largest absolute Gasteiger partial charge is 0.296 e. The van der Waals surface area contributed by atoms with E-state index in [1.54, 1.807) is 34.6 Å². The fourth-order valence-corrected chi connectivity index (χ4v) is 3.94. The summed E-state index contributed by atoms with van der Waals surface area (Å²) < 4.78 is 0. The summed E-state index contributed by atoms with van der Waals surface area (Å²) in [6.07, 6.45) is 7.43. The molecule has 0 saturated heterocycles. The van der Waals surface area contributed by atoms with Crippen molar-refractivity contribution >= 4 is 29.1 Å². The molecule has 3 heterocycles. The number of aromatic nitrogens is 4. The zero-order valence-corrected chi connectivity index (χ0v) is 19.0. The molecule has 2 aromatic heterocycles. The third-order valence-electron chi connectivity index (χ3n) is 5.71. The molecule has 1 aliphatic rings. The summed E-state index contributed by atoms with van der Waals surface area (Å²) in [6, 6.07) is 5.91. The Balaban J connectivity index is 1.82. The zero-order chi connectivity index (χ0) is 23.0. The van der Waals surface area contributed by atoms with E-state index in [9.17, 15) is 9.59 Å². The molecule has 2 amide bonds. The Morgan fingerprint density at radius 1 is 1.09 bits per heavy atom. The zero-order valence-electron chi connectivity index (χ0n) is 19.0. The third-order valence-corrected chi connectivity index (χ3v) is 5.71. The predicted molar refractivity (Wildman–Crippen MR) is 123 cm³/mol. The average Bonchev–Trinajstić information content (AvgIpc) is 2.97. The second kappa shape index (κ2) is 8.11. The molecule has 0 bridgehead atoms. The molecule has 0 unspecified atom stereocenters. The van der Waals surface area contributed by atoms with E-state index < -0.39 is 5.41 Å². The van der Waals surface area contributed by atoms with Gasteiger partial charge in [0.2, 0.25) is 11.8 Å². The van der Waals surface area contributed by atoms with Crippen LogP contribution in [0.25, 0.3) is 11.1 Å². The number of carbonyl (C=O) groups excluding carboxylic acids is 2. The van der Waals surface area contributed by atoms with Gasteiger partial charge in [0.25, 0.3) is 0 Å². The van der Waals surface area contributed by atoms with E-state index in [2.05, 4.69) is 19.9 Å². The van der Waals surface area contributed by atoms with Crippen molar-refractivity contribution in [2.75, 3.05) is 16.3 Å². The van der Waals surface area contributed by atoms with Gasteiger partial charge in [-0.2, -0.15) is 0 Å². The molecule has 1 aliphatic heterocycles. The second-order valence-corrected chi connectivity index (χ2v) is 8.42. The van der Waals surface area contributed by atoms with Gasteiger partial charge in [0.05, 0.1) is 23.5 Å². The summed E-state index contributed by atoms with van der Waals surface area (Å²) in [5.74, 6) is 1.30. The van der Waals surface area contributed by atoms with E-state index in [-0.39, 0.29) is 11.8 Å². The lowest BCUT2D eigenvalue weighted by atomic mass is 9.85. The summed E-state index contributed by atoms with van der Waals surface area (Å²) in [4.78, 5) is 46.3. The number of benzene rings is 1. The van der Waals surface area contributed by atoms with Crippen LogP contribution in [0.4, 0.5) is 17.3 Å². The SMILES string of the molecule is CCCN(C(C)=O)c1cncc(N2C(=O)C(C)(C)c3ccc(-c4cnc(C)nc4)cc32)n1. The van der Waals surface area contributed by atoms with Gasteiger partial charge < -0.3 is 0 Å². The van der Waals surface area contributed by atoms with E-state index in [1.807, 2.05) is 45.9 Å². The normalized spacial score (nSPS) is 14.4. The number of hydrogen-bond donors (Lipinski definition) is 0. The van der Waals surface area contributed by atoms with Crippen LogP contribution in [0.3, 0.4) is 0 Å². The van der Waals surface area contributed by atoms with Gasteiger partial charge in [-0.05, 0) is 44.4 Å². The van der Waals surface area contributed by atoms with Crippen LogP contribution < -0.4 is 9.80 Å². The Morgan fingerprint density at radius 3 is 2.47 bits per heavy atom. The Hall–Kier alpha value is -3.68. The molecule has 0 atom stereocenters. The van der Waals surface area contributed by atoms with E-state index in [1.165, 1.54) is 6.92 Å². The molecular formula is C24H26N6O2.